The van der Waals surface area contributed by atoms with Crippen molar-refractivity contribution in [3.8, 4) is 0 Å². The Balaban J connectivity index is 1.46. The van der Waals surface area contributed by atoms with E-state index in [4.69, 9.17) is 0 Å². The molecule has 0 aliphatic rings. The summed E-state index contributed by atoms with van der Waals surface area (Å²) in [5.41, 5.74) is 2.76. The minimum Gasteiger partial charge on any atom is -0.312 e. The van der Waals surface area contributed by atoms with E-state index < -0.39 is 0 Å². The minimum atomic E-state index is 0.904. The van der Waals surface area contributed by atoms with E-state index >= 15 is 0 Å². The van der Waals surface area contributed by atoms with Crippen molar-refractivity contribution < 1.29 is 0 Å². The molecule has 0 bridgehead atoms. The van der Waals surface area contributed by atoms with Gasteiger partial charge in [-0.1, -0.05) is 84.9 Å². The van der Waals surface area contributed by atoms with Crippen molar-refractivity contribution in [1.29, 1.82) is 0 Å². The number of benzene rings is 5. The molecule has 0 radical (unpaired) electrons. The van der Waals surface area contributed by atoms with E-state index in [2.05, 4.69) is 90.2 Å². The summed E-state index contributed by atoms with van der Waals surface area (Å²) in [6.07, 6.45) is 1.06. The lowest BCUT2D eigenvalue weighted by molar-refractivity contribution is 0.690. The van der Waals surface area contributed by atoms with Crippen molar-refractivity contribution in [3.05, 3.63) is 96.1 Å². The summed E-state index contributed by atoms with van der Waals surface area (Å²) in [6, 6.07) is 30.8. The maximum absolute atomic E-state index is 3.62. The predicted molar refractivity (Wildman–Crippen MR) is 112 cm³/mol. The molecule has 1 heteroatoms. The van der Waals surface area contributed by atoms with Crippen LogP contribution in [0, 0.1) is 0 Å². The van der Waals surface area contributed by atoms with E-state index in [-0.39, 0.29) is 0 Å². The van der Waals surface area contributed by atoms with Gasteiger partial charge in [0, 0.05) is 6.54 Å². The van der Waals surface area contributed by atoms with Gasteiger partial charge in [-0.2, -0.15) is 0 Å². The Labute approximate surface area is 153 Å². The normalized spacial score (nSPS) is 11.7. The number of rotatable bonds is 5. The summed E-state index contributed by atoms with van der Waals surface area (Å²) < 4.78 is 0. The summed E-state index contributed by atoms with van der Waals surface area (Å²) in [5.74, 6) is 0. The first-order valence-electron chi connectivity index (χ1n) is 9.30. The molecule has 0 amide bonds. The van der Waals surface area contributed by atoms with E-state index in [0.717, 1.165) is 19.5 Å². The fourth-order valence-corrected chi connectivity index (χ4v) is 4.05. The van der Waals surface area contributed by atoms with E-state index in [1.807, 2.05) is 0 Å². The summed E-state index contributed by atoms with van der Waals surface area (Å²) in [4.78, 5) is 0. The molecule has 5 rings (SSSR count). The van der Waals surface area contributed by atoms with Crippen LogP contribution in [-0.4, -0.2) is 6.54 Å². The van der Waals surface area contributed by atoms with E-state index in [9.17, 15) is 0 Å². The molecule has 1 nitrogen and oxygen atoms in total. The van der Waals surface area contributed by atoms with Crippen LogP contribution in [0.4, 0.5) is 0 Å². The monoisotopic (exact) mass is 335 g/mol. The molecule has 1 N–H and O–H groups in total. The Hall–Kier alpha value is -2.90. The lowest BCUT2D eigenvalue weighted by atomic mass is 9.92. The first kappa shape index (κ1) is 15.4. The van der Waals surface area contributed by atoms with E-state index in [0.29, 0.717) is 0 Å². The van der Waals surface area contributed by atoms with Crippen LogP contribution in [0.1, 0.15) is 11.1 Å². The molecule has 0 aromatic heterocycles. The third-order valence-electron chi connectivity index (χ3n) is 5.37. The quantitative estimate of drug-likeness (QED) is 0.311. The van der Waals surface area contributed by atoms with Crippen LogP contribution >= 0.6 is 0 Å². The zero-order valence-electron chi connectivity index (χ0n) is 14.7. The third-order valence-corrected chi connectivity index (χ3v) is 5.37. The minimum absolute atomic E-state index is 0.904. The average molecular weight is 335 g/mol. The van der Waals surface area contributed by atoms with Crippen LogP contribution in [0.15, 0.2) is 84.9 Å². The molecule has 126 valence electrons. The van der Waals surface area contributed by atoms with Gasteiger partial charge in [-0.3, -0.25) is 0 Å². The summed E-state index contributed by atoms with van der Waals surface area (Å²) >= 11 is 0. The molecule has 0 unspecified atom stereocenters. The highest BCUT2D eigenvalue weighted by atomic mass is 14.8. The summed E-state index contributed by atoms with van der Waals surface area (Å²) in [7, 11) is 0. The van der Waals surface area contributed by atoms with Crippen molar-refractivity contribution in [1.82, 2.24) is 5.32 Å². The molecule has 0 atom stereocenters. The molecule has 0 fully saturated rings. The van der Waals surface area contributed by atoms with Crippen molar-refractivity contribution >= 4 is 32.3 Å². The summed E-state index contributed by atoms with van der Waals surface area (Å²) in [6.45, 7) is 1.90. The van der Waals surface area contributed by atoms with Crippen molar-refractivity contribution in [3.63, 3.8) is 0 Å². The van der Waals surface area contributed by atoms with Crippen LogP contribution in [-0.2, 0) is 13.0 Å². The van der Waals surface area contributed by atoms with Crippen LogP contribution in [0.25, 0.3) is 32.3 Å². The first-order chi connectivity index (χ1) is 12.9. The molecule has 26 heavy (non-hydrogen) atoms. The zero-order chi connectivity index (χ0) is 17.3. The molecule has 0 saturated heterocycles. The second-order valence-electron chi connectivity index (χ2n) is 6.99. The van der Waals surface area contributed by atoms with Crippen LogP contribution in [0.2, 0.25) is 0 Å². The Kier molecular flexibility index (Phi) is 3.80. The lowest BCUT2D eigenvalue weighted by Crippen LogP contribution is -2.16. The molecule has 0 spiro atoms. The molecule has 0 aliphatic heterocycles. The second-order valence-corrected chi connectivity index (χ2v) is 6.99. The highest BCUT2D eigenvalue weighted by Gasteiger charge is 2.10. The molecule has 5 aromatic rings. The Morgan fingerprint density at radius 3 is 2.08 bits per heavy atom. The third kappa shape index (κ3) is 2.61. The van der Waals surface area contributed by atoms with Gasteiger partial charge in [0.15, 0.2) is 0 Å². The molecule has 0 aliphatic carbocycles. The van der Waals surface area contributed by atoms with Crippen LogP contribution in [0.3, 0.4) is 0 Å². The second kappa shape index (κ2) is 6.44. The SMILES string of the molecule is c1ccc(CCNCc2ccc3ccc4cccc5ccc2c3c45)cc1. The highest BCUT2D eigenvalue weighted by Crippen LogP contribution is 2.35. The molecular weight excluding hydrogens is 314 g/mol. The van der Waals surface area contributed by atoms with Gasteiger partial charge in [-0.15, -0.1) is 0 Å². The van der Waals surface area contributed by atoms with Crippen molar-refractivity contribution in [2.24, 2.45) is 0 Å². The average Bonchev–Trinajstić information content (AvgIpc) is 2.71. The van der Waals surface area contributed by atoms with Gasteiger partial charge < -0.3 is 5.32 Å². The Morgan fingerprint density at radius 1 is 0.577 bits per heavy atom. The van der Waals surface area contributed by atoms with Gasteiger partial charge in [0.2, 0.25) is 0 Å². The smallest absolute Gasteiger partial charge is 0.0211 e. The van der Waals surface area contributed by atoms with Gasteiger partial charge in [-0.05, 0) is 56.4 Å². The fraction of sp³-hybridized carbons (Fsp3) is 0.120. The Bertz CT molecular complexity index is 1160. The summed E-state index contributed by atoms with van der Waals surface area (Å²) in [5, 5.41) is 11.8. The largest absolute Gasteiger partial charge is 0.312 e. The van der Waals surface area contributed by atoms with Gasteiger partial charge in [0.1, 0.15) is 0 Å². The Morgan fingerprint density at radius 2 is 1.27 bits per heavy atom. The van der Waals surface area contributed by atoms with Crippen molar-refractivity contribution in [2.75, 3.05) is 6.54 Å². The maximum atomic E-state index is 3.62. The van der Waals surface area contributed by atoms with E-state index in [1.54, 1.807) is 0 Å². The lowest BCUT2D eigenvalue weighted by Gasteiger charge is -2.14. The van der Waals surface area contributed by atoms with Crippen LogP contribution in [0.5, 0.6) is 0 Å². The fourth-order valence-electron chi connectivity index (χ4n) is 4.05. The van der Waals surface area contributed by atoms with Gasteiger partial charge in [0.05, 0.1) is 0 Å². The van der Waals surface area contributed by atoms with E-state index in [1.165, 1.54) is 43.4 Å². The molecule has 0 heterocycles. The number of hydrogen-bond acceptors (Lipinski definition) is 1. The highest BCUT2D eigenvalue weighted by molar-refractivity contribution is 6.23. The standard InChI is InChI=1S/C25H21N/c1-2-5-18(6-3-1)15-16-26-17-22-12-11-21-10-9-19-7-4-8-20-13-14-23(22)25(21)24(19)20/h1-14,26H,15-17H2. The molecular formula is C25H21N. The first-order valence-corrected chi connectivity index (χ1v) is 9.30. The number of nitrogens with one attached hydrogen (secondary N) is 1. The zero-order valence-corrected chi connectivity index (χ0v) is 14.7. The van der Waals surface area contributed by atoms with Crippen LogP contribution < -0.4 is 5.32 Å². The molecule has 0 saturated carbocycles. The predicted octanol–water partition coefficient (Wildman–Crippen LogP) is 5.92. The van der Waals surface area contributed by atoms with Gasteiger partial charge in [-0.25, -0.2) is 0 Å². The van der Waals surface area contributed by atoms with Gasteiger partial charge in [0.25, 0.3) is 0 Å². The number of hydrogen-bond donors (Lipinski definition) is 1. The van der Waals surface area contributed by atoms with Crippen molar-refractivity contribution in [2.45, 2.75) is 13.0 Å². The topological polar surface area (TPSA) is 12.0 Å². The molecule has 5 aromatic carbocycles. The van der Waals surface area contributed by atoms with Gasteiger partial charge >= 0.3 is 0 Å². The maximum Gasteiger partial charge on any atom is 0.0211 e.